The van der Waals surface area contributed by atoms with E-state index in [1.807, 2.05) is 36.2 Å². The van der Waals surface area contributed by atoms with Crippen molar-refractivity contribution >= 4 is 11.7 Å². The van der Waals surface area contributed by atoms with E-state index in [-0.39, 0.29) is 11.6 Å². The molecular weight excluding hydrogens is 216 g/mol. The number of methoxy groups -OCH3 is 1. The molecular formula is C13H16N2O2. The van der Waals surface area contributed by atoms with Gasteiger partial charge in [0, 0.05) is 19.3 Å². The molecule has 2 aliphatic rings. The van der Waals surface area contributed by atoms with E-state index in [9.17, 15) is 4.79 Å². The number of urea groups is 1. The second-order valence-corrected chi connectivity index (χ2v) is 4.90. The van der Waals surface area contributed by atoms with Gasteiger partial charge in [-0.15, -0.1) is 0 Å². The summed E-state index contributed by atoms with van der Waals surface area (Å²) >= 11 is 0. The van der Waals surface area contributed by atoms with Gasteiger partial charge >= 0.3 is 6.03 Å². The van der Waals surface area contributed by atoms with Crippen LogP contribution in [0, 0.1) is 0 Å². The molecule has 1 aliphatic carbocycles. The minimum atomic E-state index is 0.0699. The van der Waals surface area contributed by atoms with Gasteiger partial charge in [-0.1, -0.05) is 0 Å². The van der Waals surface area contributed by atoms with Crippen LogP contribution in [0.4, 0.5) is 10.5 Å². The fourth-order valence-corrected chi connectivity index (χ4v) is 2.60. The molecule has 17 heavy (non-hydrogen) atoms. The normalized spacial score (nSPS) is 21.2. The van der Waals surface area contributed by atoms with Gasteiger partial charge in [-0.05, 0) is 37.1 Å². The fraction of sp³-hybridized carbons (Fsp3) is 0.462. The molecule has 4 heteroatoms. The van der Waals surface area contributed by atoms with Gasteiger partial charge in [-0.25, -0.2) is 4.79 Å². The van der Waals surface area contributed by atoms with Crippen LogP contribution in [0.1, 0.15) is 12.8 Å². The molecule has 1 spiro atoms. The van der Waals surface area contributed by atoms with E-state index in [4.69, 9.17) is 4.74 Å². The average Bonchev–Trinajstić information content (AvgIpc) is 3.05. The second-order valence-electron chi connectivity index (χ2n) is 4.90. The van der Waals surface area contributed by atoms with E-state index >= 15 is 0 Å². The van der Waals surface area contributed by atoms with Crippen molar-refractivity contribution in [1.82, 2.24) is 4.90 Å². The molecule has 2 fully saturated rings. The highest BCUT2D eigenvalue weighted by Crippen LogP contribution is 2.48. The molecule has 2 amide bonds. The summed E-state index contributed by atoms with van der Waals surface area (Å²) in [4.78, 5) is 15.9. The highest BCUT2D eigenvalue weighted by atomic mass is 16.5. The highest BCUT2D eigenvalue weighted by Gasteiger charge is 2.57. The zero-order valence-electron chi connectivity index (χ0n) is 10.1. The van der Waals surface area contributed by atoms with Crippen LogP contribution in [0.5, 0.6) is 5.75 Å². The second kappa shape index (κ2) is 3.39. The zero-order chi connectivity index (χ0) is 12.0. The Kier molecular flexibility index (Phi) is 2.08. The SMILES string of the molecule is COc1ccc(N2C(=O)N(C)CC23CC3)cc1. The first-order valence-corrected chi connectivity index (χ1v) is 5.86. The van der Waals surface area contributed by atoms with E-state index in [1.54, 1.807) is 12.0 Å². The molecule has 1 saturated carbocycles. The smallest absolute Gasteiger partial charge is 0.324 e. The summed E-state index contributed by atoms with van der Waals surface area (Å²) in [6, 6.07) is 7.81. The zero-order valence-corrected chi connectivity index (χ0v) is 10.1. The van der Waals surface area contributed by atoms with Crippen molar-refractivity contribution in [3.8, 4) is 5.75 Å². The van der Waals surface area contributed by atoms with Gasteiger partial charge in [0.05, 0.1) is 12.6 Å². The number of hydrogen-bond acceptors (Lipinski definition) is 2. The quantitative estimate of drug-likeness (QED) is 0.782. The molecule has 0 aromatic heterocycles. The third-order valence-electron chi connectivity index (χ3n) is 3.68. The summed E-state index contributed by atoms with van der Waals surface area (Å²) in [5.41, 5.74) is 1.04. The summed E-state index contributed by atoms with van der Waals surface area (Å²) < 4.78 is 5.13. The van der Waals surface area contributed by atoms with Crippen LogP contribution in [-0.2, 0) is 0 Å². The van der Waals surface area contributed by atoms with Crippen LogP contribution in [0.25, 0.3) is 0 Å². The first-order valence-electron chi connectivity index (χ1n) is 5.86. The Balaban J connectivity index is 1.94. The molecule has 1 aromatic carbocycles. The van der Waals surface area contributed by atoms with Crippen molar-refractivity contribution in [3.63, 3.8) is 0 Å². The Morgan fingerprint density at radius 2 is 1.88 bits per heavy atom. The van der Waals surface area contributed by atoms with E-state index in [0.717, 1.165) is 30.8 Å². The predicted octanol–water partition coefficient (Wildman–Crippen LogP) is 2.10. The predicted molar refractivity (Wildman–Crippen MR) is 65.5 cm³/mol. The number of anilines is 1. The van der Waals surface area contributed by atoms with Crippen molar-refractivity contribution < 1.29 is 9.53 Å². The molecule has 4 nitrogen and oxygen atoms in total. The van der Waals surface area contributed by atoms with E-state index in [0.29, 0.717) is 0 Å². The molecule has 1 aromatic rings. The third-order valence-corrected chi connectivity index (χ3v) is 3.68. The first-order chi connectivity index (χ1) is 8.16. The maximum absolute atomic E-state index is 12.1. The van der Waals surface area contributed by atoms with Crippen LogP contribution in [0.2, 0.25) is 0 Å². The van der Waals surface area contributed by atoms with Crippen molar-refractivity contribution in [3.05, 3.63) is 24.3 Å². The first kappa shape index (κ1) is 10.4. The van der Waals surface area contributed by atoms with Crippen LogP contribution in [0.3, 0.4) is 0 Å². The topological polar surface area (TPSA) is 32.8 Å². The van der Waals surface area contributed by atoms with Crippen molar-refractivity contribution in [1.29, 1.82) is 0 Å². The van der Waals surface area contributed by atoms with Crippen LogP contribution >= 0.6 is 0 Å². The molecule has 1 heterocycles. The van der Waals surface area contributed by atoms with Crippen LogP contribution in [-0.4, -0.2) is 37.2 Å². The summed E-state index contributed by atoms with van der Waals surface area (Å²) in [6.07, 6.45) is 2.21. The third kappa shape index (κ3) is 1.47. The number of carbonyl (C=O) groups excluding carboxylic acids is 1. The van der Waals surface area contributed by atoms with Crippen LogP contribution in [0.15, 0.2) is 24.3 Å². The Hall–Kier alpha value is -1.71. The summed E-state index contributed by atoms with van der Waals surface area (Å²) in [6.45, 7) is 0.845. The van der Waals surface area contributed by atoms with Gasteiger partial charge in [0.1, 0.15) is 5.75 Å². The van der Waals surface area contributed by atoms with E-state index < -0.39 is 0 Å². The average molecular weight is 232 g/mol. The van der Waals surface area contributed by atoms with Gasteiger partial charge in [-0.3, -0.25) is 4.90 Å². The van der Waals surface area contributed by atoms with Crippen molar-refractivity contribution in [2.24, 2.45) is 0 Å². The molecule has 3 rings (SSSR count). The maximum Gasteiger partial charge on any atom is 0.324 e. The largest absolute Gasteiger partial charge is 0.497 e. The molecule has 0 unspecified atom stereocenters. The molecule has 0 atom stereocenters. The van der Waals surface area contributed by atoms with Crippen LogP contribution < -0.4 is 9.64 Å². The molecule has 0 radical (unpaired) electrons. The lowest BCUT2D eigenvalue weighted by Crippen LogP contribution is -2.35. The number of ether oxygens (including phenoxy) is 1. The number of benzene rings is 1. The van der Waals surface area contributed by atoms with Gasteiger partial charge in [0.2, 0.25) is 0 Å². The summed E-state index contributed by atoms with van der Waals surface area (Å²) in [5, 5.41) is 0. The summed E-state index contributed by atoms with van der Waals surface area (Å²) in [5.74, 6) is 0.818. The lowest BCUT2D eigenvalue weighted by Gasteiger charge is -2.22. The van der Waals surface area contributed by atoms with Crippen molar-refractivity contribution in [2.75, 3.05) is 25.6 Å². The fourth-order valence-electron chi connectivity index (χ4n) is 2.60. The van der Waals surface area contributed by atoms with Gasteiger partial charge in [0.15, 0.2) is 0 Å². The standard InChI is InChI=1S/C13H16N2O2/c1-14-9-13(7-8-13)15(12(14)16)10-3-5-11(17-2)6-4-10/h3-6H,7-9H2,1-2H3. The monoisotopic (exact) mass is 232 g/mol. The van der Waals surface area contributed by atoms with Crippen molar-refractivity contribution in [2.45, 2.75) is 18.4 Å². The number of likely N-dealkylation sites (N-methyl/N-ethyl adjacent to an activating group) is 1. The van der Waals surface area contributed by atoms with E-state index in [2.05, 4.69) is 0 Å². The number of nitrogens with zero attached hydrogens (tertiary/aromatic N) is 2. The lowest BCUT2D eigenvalue weighted by atomic mass is 10.2. The van der Waals surface area contributed by atoms with Gasteiger partial charge in [-0.2, -0.15) is 0 Å². The Bertz CT molecular complexity index is 451. The van der Waals surface area contributed by atoms with Gasteiger partial charge < -0.3 is 9.64 Å². The maximum atomic E-state index is 12.1. The number of hydrogen-bond donors (Lipinski definition) is 0. The molecule has 1 saturated heterocycles. The van der Waals surface area contributed by atoms with E-state index in [1.165, 1.54) is 0 Å². The molecule has 0 N–H and O–H groups in total. The number of carbonyl (C=O) groups is 1. The minimum absolute atomic E-state index is 0.0699. The summed E-state index contributed by atoms with van der Waals surface area (Å²) in [7, 11) is 3.51. The molecule has 90 valence electrons. The Morgan fingerprint density at radius 1 is 1.24 bits per heavy atom. The molecule has 0 bridgehead atoms. The number of rotatable bonds is 2. The molecule has 1 aliphatic heterocycles. The Morgan fingerprint density at radius 3 is 2.41 bits per heavy atom. The van der Waals surface area contributed by atoms with Gasteiger partial charge in [0.25, 0.3) is 0 Å². The Labute approximate surface area is 101 Å². The minimum Gasteiger partial charge on any atom is -0.497 e. The highest BCUT2D eigenvalue weighted by molar-refractivity contribution is 5.97. The lowest BCUT2D eigenvalue weighted by molar-refractivity contribution is 0.229. The number of amides is 2.